The Hall–Kier alpha value is -0.870. The normalized spacial score (nSPS) is 21.5. The minimum atomic E-state index is 0. The number of hydrogen-bond acceptors (Lipinski definition) is 5. The molecule has 0 saturated carbocycles. The number of nitrogens with zero attached hydrogens (tertiary/aromatic N) is 5. The zero-order chi connectivity index (χ0) is 18.4. The molecule has 7 nitrogen and oxygen atoms in total. The second-order valence-electron chi connectivity index (χ2n) is 7.82. The summed E-state index contributed by atoms with van der Waals surface area (Å²) in [5.41, 5.74) is 1.16. The third-order valence-electron chi connectivity index (χ3n) is 5.98. The fourth-order valence-electron chi connectivity index (χ4n) is 4.27. The Morgan fingerprint density at radius 2 is 1.96 bits per heavy atom. The highest BCUT2D eigenvalue weighted by molar-refractivity contribution is 14.0. The molecule has 0 aliphatic carbocycles. The van der Waals surface area contributed by atoms with Crippen LogP contribution in [0.5, 0.6) is 0 Å². The van der Waals surface area contributed by atoms with Crippen molar-refractivity contribution in [2.24, 2.45) is 4.99 Å². The van der Waals surface area contributed by atoms with Crippen molar-refractivity contribution in [1.29, 1.82) is 0 Å². The molecule has 2 aliphatic rings. The highest BCUT2D eigenvalue weighted by atomic mass is 127. The Bertz CT molecular complexity index is 565. The number of nitrogens with one attached hydrogen (secondary N) is 1. The van der Waals surface area contributed by atoms with Crippen LogP contribution >= 0.6 is 24.0 Å². The molecule has 0 aromatic carbocycles. The molecule has 1 aromatic heterocycles. The van der Waals surface area contributed by atoms with Crippen LogP contribution in [0, 0.1) is 0 Å². The van der Waals surface area contributed by atoms with Gasteiger partial charge >= 0.3 is 0 Å². The van der Waals surface area contributed by atoms with Crippen LogP contribution in [0.3, 0.4) is 0 Å². The predicted octanol–water partition coefficient (Wildman–Crippen LogP) is 2.25. The Kier molecular flexibility index (Phi) is 8.81. The fourth-order valence-corrected chi connectivity index (χ4v) is 4.27. The van der Waals surface area contributed by atoms with Crippen molar-refractivity contribution in [2.45, 2.75) is 44.2 Å². The molecule has 8 heteroatoms. The molecule has 3 rings (SSSR count). The molecular formula is C19H35IN6O. The minimum absolute atomic E-state index is 0. The van der Waals surface area contributed by atoms with E-state index in [9.17, 15) is 0 Å². The van der Waals surface area contributed by atoms with E-state index in [-0.39, 0.29) is 29.5 Å². The summed E-state index contributed by atoms with van der Waals surface area (Å²) in [6, 6.07) is 1.90. The molecule has 2 aliphatic heterocycles. The predicted molar refractivity (Wildman–Crippen MR) is 120 cm³/mol. The summed E-state index contributed by atoms with van der Waals surface area (Å²) in [6.45, 7) is 6.46. The van der Waals surface area contributed by atoms with Crippen molar-refractivity contribution in [1.82, 2.24) is 25.2 Å². The van der Waals surface area contributed by atoms with Gasteiger partial charge in [-0.1, -0.05) is 11.6 Å². The lowest BCUT2D eigenvalue weighted by Gasteiger charge is -2.50. The SMILES string of the molecule is CN=C(NCC1(N2CCCCC2)CCN(C)CC1)N(C)Cc1ccon1.I. The van der Waals surface area contributed by atoms with Crippen molar-refractivity contribution in [2.75, 3.05) is 53.9 Å². The first-order chi connectivity index (χ1) is 12.6. The summed E-state index contributed by atoms with van der Waals surface area (Å²) in [7, 11) is 6.13. The lowest BCUT2D eigenvalue weighted by molar-refractivity contribution is 0.0170. The van der Waals surface area contributed by atoms with Gasteiger partial charge in [0.1, 0.15) is 12.0 Å². The molecule has 0 atom stereocenters. The molecule has 0 spiro atoms. The number of likely N-dealkylation sites (tertiary alicyclic amines) is 2. The van der Waals surface area contributed by atoms with Crippen molar-refractivity contribution < 1.29 is 4.52 Å². The van der Waals surface area contributed by atoms with Gasteiger partial charge in [-0.25, -0.2) is 0 Å². The highest BCUT2D eigenvalue weighted by Gasteiger charge is 2.39. The summed E-state index contributed by atoms with van der Waals surface area (Å²) in [4.78, 5) is 11.8. The van der Waals surface area contributed by atoms with Crippen LogP contribution in [-0.2, 0) is 6.54 Å². The van der Waals surface area contributed by atoms with Gasteiger partial charge in [0.25, 0.3) is 0 Å². The average molecular weight is 490 g/mol. The topological polar surface area (TPSA) is 60.1 Å². The second-order valence-corrected chi connectivity index (χ2v) is 7.82. The largest absolute Gasteiger partial charge is 0.364 e. The number of guanidine groups is 1. The van der Waals surface area contributed by atoms with Crippen LogP contribution in [0.2, 0.25) is 0 Å². The van der Waals surface area contributed by atoms with E-state index >= 15 is 0 Å². The monoisotopic (exact) mass is 490 g/mol. The Morgan fingerprint density at radius 1 is 1.26 bits per heavy atom. The Morgan fingerprint density at radius 3 is 2.56 bits per heavy atom. The maximum Gasteiger partial charge on any atom is 0.193 e. The van der Waals surface area contributed by atoms with Crippen LogP contribution in [-0.4, -0.2) is 85.2 Å². The molecule has 2 fully saturated rings. The van der Waals surface area contributed by atoms with E-state index in [2.05, 4.69) is 37.2 Å². The first kappa shape index (κ1) is 22.4. The Balaban J connectivity index is 0.00000261. The number of hydrogen-bond donors (Lipinski definition) is 1. The zero-order valence-corrected chi connectivity index (χ0v) is 19.3. The maximum atomic E-state index is 4.94. The molecular weight excluding hydrogens is 455 g/mol. The Labute approximate surface area is 180 Å². The second kappa shape index (κ2) is 10.6. The lowest BCUT2D eigenvalue weighted by Crippen LogP contribution is -2.62. The van der Waals surface area contributed by atoms with E-state index in [0.29, 0.717) is 6.54 Å². The maximum absolute atomic E-state index is 4.94. The standard InChI is InChI=1S/C19H34N6O.HI/c1-20-18(24(3)15-17-7-14-26-22-17)21-16-19(8-12-23(2)13-9-19)25-10-5-4-6-11-25;/h7,14H,4-6,8-13,15-16H2,1-3H3,(H,20,21);1H. The van der Waals surface area contributed by atoms with Gasteiger partial charge in [-0.15, -0.1) is 24.0 Å². The van der Waals surface area contributed by atoms with Gasteiger partial charge in [0.2, 0.25) is 0 Å². The molecule has 2 saturated heterocycles. The van der Waals surface area contributed by atoms with Gasteiger partial charge in [0.05, 0.1) is 6.54 Å². The summed E-state index contributed by atoms with van der Waals surface area (Å²) in [5.74, 6) is 0.920. The molecule has 0 unspecified atom stereocenters. The lowest BCUT2D eigenvalue weighted by atomic mass is 9.84. The zero-order valence-electron chi connectivity index (χ0n) is 17.0. The van der Waals surface area contributed by atoms with Crippen LogP contribution in [0.1, 0.15) is 37.8 Å². The number of aromatic nitrogens is 1. The first-order valence-electron chi connectivity index (χ1n) is 9.88. The summed E-state index contributed by atoms with van der Waals surface area (Å²) in [5, 5.41) is 7.67. The van der Waals surface area contributed by atoms with Gasteiger partial charge < -0.3 is 19.6 Å². The molecule has 0 radical (unpaired) electrons. The minimum Gasteiger partial charge on any atom is -0.364 e. The number of aliphatic imine (C=N–C) groups is 1. The highest BCUT2D eigenvalue weighted by Crippen LogP contribution is 2.30. The summed E-state index contributed by atoms with van der Waals surface area (Å²) >= 11 is 0. The molecule has 27 heavy (non-hydrogen) atoms. The van der Waals surface area contributed by atoms with Crippen LogP contribution in [0.15, 0.2) is 21.8 Å². The van der Waals surface area contributed by atoms with E-state index in [1.54, 1.807) is 6.26 Å². The van der Waals surface area contributed by atoms with Crippen molar-refractivity contribution in [3.63, 3.8) is 0 Å². The van der Waals surface area contributed by atoms with Gasteiger partial charge in [-0.2, -0.15) is 0 Å². The fraction of sp³-hybridized carbons (Fsp3) is 0.789. The molecule has 1 N–H and O–H groups in total. The van der Waals surface area contributed by atoms with E-state index < -0.39 is 0 Å². The number of rotatable bonds is 5. The molecule has 154 valence electrons. The molecule has 0 bridgehead atoms. The third kappa shape index (κ3) is 5.80. The summed E-state index contributed by atoms with van der Waals surface area (Å²) in [6.07, 6.45) is 8.10. The van der Waals surface area contributed by atoms with E-state index in [1.807, 2.05) is 20.2 Å². The van der Waals surface area contributed by atoms with Crippen LogP contribution in [0.25, 0.3) is 0 Å². The van der Waals surface area contributed by atoms with Crippen LogP contribution in [0.4, 0.5) is 0 Å². The van der Waals surface area contributed by atoms with Gasteiger partial charge in [0.15, 0.2) is 5.96 Å². The van der Waals surface area contributed by atoms with Gasteiger partial charge in [-0.3, -0.25) is 9.89 Å². The number of halogens is 1. The van der Waals surface area contributed by atoms with Crippen molar-refractivity contribution in [3.8, 4) is 0 Å². The number of piperidine rings is 2. The molecule has 1 aromatic rings. The van der Waals surface area contributed by atoms with Crippen LogP contribution < -0.4 is 5.32 Å². The van der Waals surface area contributed by atoms with Gasteiger partial charge in [-0.05, 0) is 58.9 Å². The van der Waals surface area contributed by atoms with Crippen molar-refractivity contribution >= 4 is 29.9 Å². The van der Waals surface area contributed by atoms with Gasteiger partial charge in [0, 0.05) is 32.2 Å². The third-order valence-corrected chi connectivity index (χ3v) is 5.98. The first-order valence-corrected chi connectivity index (χ1v) is 9.88. The smallest absolute Gasteiger partial charge is 0.193 e. The van der Waals surface area contributed by atoms with E-state index in [0.717, 1.165) is 18.2 Å². The summed E-state index contributed by atoms with van der Waals surface area (Å²) < 4.78 is 4.94. The quantitative estimate of drug-likeness (QED) is 0.388. The van der Waals surface area contributed by atoms with Crippen molar-refractivity contribution in [3.05, 3.63) is 18.0 Å². The molecule has 0 amide bonds. The van der Waals surface area contributed by atoms with E-state index in [1.165, 1.54) is 58.3 Å². The average Bonchev–Trinajstić information content (AvgIpc) is 3.18. The van der Waals surface area contributed by atoms with E-state index in [4.69, 9.17) is 4.52 Å². The molecule has 3 heterocycles.